The Morgan fingerprint density at radius 3 is 2.44 bits per heavy atom. The molecule has 0 radical (unpaired) electrons. The molecule has 0 bridgehead atoms. The van der Waals surface area contributed by atoms with Crippen LogP contribution in [0.15, 0.2) is 29.4 Å². The molecule has 1 aromatic rings. The molecule has 0 unspecified atom stereocenters. The van der Waals surface area contributed by atoms with Crippen molar-refractivity contribution in [2.75, 3.05) is 12.4 Å². The van der Waals surface area contributed by atoms with E-state index in [1.807, 2.05) is 24.3 Å². The first kappa shape index (κ1) is 12.1. The summed E-state index contributed by atoms with van der Waals surface area (Å²) < 4.78 is 5.02. The molecule has 1 rings (SSSR count). The number of thiocarbonyl (C=S) groups is 1. The number of hydrazone groups is 1. The van der Waals surface area contributed by atoms with Crippen molar-refractivity contribution in [1.82, 2.24) is 5.43 Å². The standard InChI is InChI=1S/C9H13N5OS/c1-15-7-4-2-6(3-5-7)12-9(16)14-13-8(10)11/h2-5H,1H3,(H4,10,11,13)(H2,12,14,16). The lowest BCUT2D eigenvalue weighted by Gasteiger charge is -2.07. The number of nitrogens with zero attached hydrogens (tertiary/aromatic N) is 1. The number of rotatable bonds is 3. The molecule has 0 fully saturated rings. The SMILES string of the molecule is COc1ccc(NC(=S)NN=C(N)N)cc1. The molecule has 0 aliphatic carbocycles. The first-order valence-corrected chi connectivity index (χ1v) is 4.82. The minimum atomic E-state index is -0.0844. The van der Waals surface area contributed by atoms with E-state index in [0.29, 0.717) is 5.11 Å². The number of ether oxygens (including phenoxy) is 1. The van der Waals surface area contributed by atoms with Crippen LogP contribution < -0.4 is 26.9 Å². The highest BCUT2D eigenvalue weighted by molar-refractivity contribution is 7.80. The molecule has 16 heavy (non-hydrogen) atoms. The number of nitrogens with one attached hydrogen (secondary N) is 2. The molecule has 86 valence electrons. The van der Waals surface area contributed by atoms with E-state index >= 15 is 0 Å². The van der Waals surface area contributed by atoms with Gasteiger partial charge in [-0.3, -0.25) is 5.43 Å². The highest BCUT2D eigenvalue weighted by Gasteiger charge is 1.96. The minimum Gasteiger partial charge on any atom is -0.497 e. The third-order valence-electron chi connectivity index (χ3n) is 1.63. The molecule has 0 saturated heterocycles. The predicted octanol–water partition coefficient (Wildman–Crippen LogP) is 0.170. The van der Waals surface area contributed by atoms with Crippen LogP contribution in [0, 0.1) is 0 Å². The Balaban J connectivity index is 2.53. The third kappa shape index (κ3) is 4.01. The zero-order valence-corrected chi connectivity index (χ0v) is 9.54. The van der Waals surface area contributed by atoms with Gasteiger partial charge in [0, 0.05) is 5.69 Å². The number of anilines is 1. The summed E-state index contributed by atoms with van der Waals surface area (Å²) in [7, 11) is 1.60. The second kappa shape index (κ2) is 5.76. The molecule has 6 N–H and O–H groups in total. The minimum absolute atomic E-state index is 0.0844. The van der Waals surface area contributed by atoms with E-state index in [4.69, 9.17) is 28.4 Å². The van der Waals surface area contributed by atoms with Gasteiger partial charge in [0.2, 0.25) is 5.96 Å². The zero-order valence-electron chi connectivity index (χ0n) is 8.73. The Morgan fingerprint density at radius 2 is 1.94 bits per heavy atom. The first-order valence-electron chi connectivity index (χ1n) is 4.41. The zero-order chi connectivity index (χ0) is 12.0. The molecule has 0 aromatic heterocycles. The van der Waals surface area contributed by atoms with E-state index < -0.39 is 0 Å². The van der Waals surface area contributed by atoms with Crippen LogP contribution in [0.3, 0.4) is 0 Å². The van der Waals surface area contributed by atoms with Gasteiger partial charge in [-0.15, -0.1) is 5.10 Å². The van der Waals surface area contributed by atoms with Crippen LogP contribution in [0.2, 0.25) is 0 Å². The quantitative estimate of drug-likeness (QED) is 0.260. The fraction of sp³-hybridized carbons (Fsp3) is 0.111. The monoisotopic (exact) mass is 239 g/mol. The second-order valence-electron chi connectivity index (χ2n) is 2.83. The summed E-state index contributed by atoms with van der Waals surface area (Å²) in [5.41, 5.74) is 13.6. The number of hydrogen-bond acceptors (Lipinski definition) is 3. The summed E-state index contributed by atoms with van der Waals surface area (Å²) in [5.74, 6) is 0.688. The number of guanidine groups is 1. The molecular weight excluding hydrogens is 226 g/mol. The van der Waals surface area contributed by atoms with Crippen LogP contribution in [0.1, 0.15) is 0 Å². The van der Waals surface area contributed by atoms with Crippen molar-refractivity contribution < 1.29 is 4.74 Å². The smallest absolute Gasteiger partial charge is 0.208 e. The third-order valence-corrected chi connectivity index (χ3v) is 1.83. The average molecular weight is 239 g/mol. The molecular formula is C9H13N5OS. The van der Waals surface area contributed by atoms with Gasteiger partial charge in [-0.05, 0) is 36.5 Å². The van der Waals surface area contributed by atoms with Crippen LogP contribution in [-0.2, 0) is 0 Å². The summed E-state index contributed by atoms with van der Waals surface area (Å²) in [6.45, 7) is 0. The number of benzene rings is 1. The van der Waals surface area contributed by atoms with Crippen molar-refractivity contribution in [2.24, 2.45) is 16.6 Å². The maximum absolute atomic E-state index is 5.13. The molecule has 0 atom stereocenters. The van der Waals surface area contributed by atoms with Gasteiger partial charge in [0.25, 0.3) is 0 Å². The van der Waals surface area contributed by atoms with Gasteiger partial charge in [-0.1, -0.05) is 0 Å². The molecule has 0 heterocycles. The van der Waals surface area contributed by atoms with Crippen LogP contribution in [0.4, 0.5) is 5.69 Å². The topological polar surface area (TPSA) is 97.7 Å². The van der Waals surface area contributed by atoms with Gasteiger partial charge in [0.1, 0.15) is 5.75 Å². The Morgan fingerprint density at radius 1 is 1.31 bits per heavy atom. The molecule has 0 saturated carbocycles. The Labute approximate surface area is 98.6 Å². The van der Waals surface area contributed by atoms with Gasteiger partial charge in [0.05, 0.1) is 7.11 Å². The summed E-state index contributed by atoms with van der Waals surface area (Å²) in [5, 5.41) is 6.75. The van der Waals surface area contributed by atoms with Crippen molar-refractivity contribution >= 4 is 29.0 Å². The predicted molar refractivity (Wildman–Crippen MR) is 68.2 cm³/mol. The maximum atomic E-state index is 5.13. The number of nitrogens with two attached hydrogens (primary N) is 2. The fourth-order valence-corrected chi connectivity index (χ4v) is 1.11. The Bertz CT molecular complexity index is 385. The van der Waals surface area contributed by atoms with Crippen molar-refractivity contribution in [3.63, 3.8) is 0 Å². The largest absolute Gasteiger partial charge is 0.497 e. The van der Waals surface area contributed by atoms with Crippen LogP contribution in [0.25, 0.3) is 0 Å². The summed E-state index contributed by atoms with van der Waals surface area (Å²) >= 11 is 4.94. The van der Waals surface area contributed by atoms with Gasteiger partial charge >= 0.3 is 0 Å². The van der Waals surface area contributed by atoms with E-state index in [0.717, 1.165) is 11.4 Å². The van der Waals surface area contributed by atoms with Crippen molar-refractivity contribution in [3.05, 3.63) is 24.3 Å². The lowest BCUT2D eigenvalue weighted by molar-refractivity contribution is 0.415. The number of hydrogen-bond donors (Lipinski definition) is 4. The molecule has 6 nitrogen and oxygen atoms in total. The lowest BCUT2D eigenvalue weighted by atomic mass is 10.3. The van der Waals surface area contributed by atoms with Crippen molar-refractivity contribution in [2.45, 2.75) is 0 Å². The molecule has 7 heteroatoms. The van der Waals surface area contributed by atoms with Crippen molar-refractivity contribution in [1.29, 1.82) is 0 Å². The molecule has 0 spiro atoms. The van der Waals surface area contributed by atoms with E-state index in [1.54, 1.807) is 7.11 Å². The Hall–Kier alpha value is -2.02. The molecule has 0 aliphatic heterocycles. The molecule has 0 amide bonds. The van der Waals surface area contributed by atoms with Gasteiger partial charge < -0.3 is 21.5 Å². The van der Waals surface area contributed by atoms with Gasteiger partial charge in [0.15, 0.2) is 5.11 Å². The summed E-state index contributed by atoms with van der Waals surface area (Å²) in [4.78, 5) is 0. The normalized spacial score (nSPS) is 9.06. The highest BCUT2D eigenvalue weighted by Crippen LogP contribution is 2.14. The van der Waals surface area contributed by atoms with E-state index in [-0.39, 0.29) is 5.96 Å². The van der Waals surface area contributed by atoms with Crippen LogP contribution >= 0.6 is 12.2 Å². The van der Waals surface area contributed by atoms with E-state index in [2.05, 4.69) is 15.8 Å². The van der Waals surface area contributed by atoms with Crippen LogP contribution in [0.5, 0.6) is 5.75 Å². The first-order chi connectivity index (χ1) is 7.61. The maximum Gasteiger partial charge on any atom is 0.208 e. The second-order valence-corrected chi connectivity index (χ2v) is 3.24. The average Bonchev–Trinajstić information content (AvgIpc) is 2.27. The van der Waals surface area contributed by atoms with E-state index in [1.165, 1.54) is 0 Å². The molecule has 0 aliphatic rings. The summed E-state index contributed by atoms with van der Waals surface area (Å²) in [6.07, 6.45) is 0. The van der Waals surface area contributed by atoms with Crippen molar-refractivity contribution in [3.8, 4) is 5.75 Å². The van der Waals surface area contributed by atoms with Gasteiger partial charge in [-0.2, -0.15) is 0 Å². The highest BCUT2D eigenvalue weighted by atomic mass is 32.1. The fourth-order valence-electron chi connectivity index (χ4n) is 0.949. The lowest BCUT2D eigenvalue weighted by Crippen LogP contribution is -2.31. The van der Waals surface area contributed by atoms with E-state index in [9.17, 15) is 0 Å². The molecule has 1 aromatic carbocycles. The van der Waals surface area contributed by atoms with Gasteiger partial charge in [-0.25, -0.2) is 0 Å². The van der Waals surface area contributed by atoms with Crippen LogP contribution in [-0.4, -0.2) is 18.2 Å². The Kier molecular flexibility index (Phi) is 4.34. The summed E-state index contributed by atoms with van der Waals surface area (Å²) in [6, 6.07) is 7.27. The number of methoxy groups -OCH3 is 1.